The minimum absolute atomic E-state index is 0.352. The zero-order chi connectivity index (χ0) is 11.5. The Morgan fingerprint density at radius 1 is 1.53 bits per heavy atom. The van der Waals surface area contributed by atoms with E-state index in [9.17, 15) is 18.0 Å². The van der Waals surface area contributed by atoms with Crippen LogP contribution in [0.4, 0.5) is 13.2 Å². The predicted octanol–water partition coefficient (Wildman–Crippen LogP) is 1.72. The molecule has 0 bridgehead atoms. The molecule has 0 atom stereocenters. The maximum Gasteiger partial charge on any atom is 0.422 e. The van der Waals surface area contributed by atoms with Gasteiger partial charge in [-0.15, -0.1) is 0 Å². The van der Waals surface area contributed by atoms with Gasteiger partial charge in [-0.2, -0.15) is 13.2 Å². The predicted molar refractivity (Wildman–Crippen MR) is 42.7 cm³/mol. The van der Waals surface area contributed by atoms with Gasteiger partial charge in [-0.25, -0.2) is 4.79 Å². The van der Waals surface area contributed by atoms with Crippen LogP contribution in [0.3, 0.4) is 0 Å². The third-order valence-corrected chi connectivity index (χ3v) is 1.40. The van der Waals surface area contributed by atoms with Crippen molar-refractivity contribution in [1.82, 2.24) is 4.98 Å². The average molecular weight is 221 g/mol. The van der Waals surface area contributed by atoms with Crippen LogP contribution in [-0.2, 0) is 0 Å². The molecular formula is C8H6F3NO3. The summed E-state index contributed by atoms with van der Waals surface area (Å²) in [6.45, 7) is -1.53. The first kappa shape index (κ1) is 11.3. The lowest BCUT2D eigenvalue weighted by molar-refractivity contribution is -0.153. The van der Waals surface area contributed by atoms with Crippen molar-refractivity contribution in [3.63, 3.8) is 0 Å². The number of halogens is 3. The summed E-state index contributed by atoms with van der Waals surface area (Å²) in [7, 11) is 0. The topological polar surface area (TPSA) is 59.4 Å². The van der Waals surface area contributed by atoms with Crippen molar-refractivity contribution < 1.29 is 27.8 Å². The second-order valence-electron chi connectivity index (χ2n) is 2.58. The molecule has 1 aromatic rings. The monoisotopic (exact) mass is 221 g/mol. The van der Waals surface area contributed by atoms with Crippen molar-refractivity contribution >= 4 is 5.97 Å². The van der Waals surface area contributed by atoms with Crippen molar-refractivity contribution in [2.24, 2.45) is 0 Å². The highest BCUT2D eigenvalue weighted by atomic mass is 19.4. The van der Waals surface area contributed by atoms with E-state index in [0.29, 0.717) is 0 Å². The van der Waals surface area contributed by atoms with Gasteiger partial charge in [0, 0.05) is 12.4 Å². The number of pyridine rings is 1. The number of aromatic carboxylic acids is 1. The van der Waals surface area contributed by atoms with Crippen LogP contribution in [0.15, 0.2) is 18.5 Å². The summed E-state index contributed by atoms with van der Waals surface area (Å²) < 4.78 is 39.7. The van der Waals surface area contributed by atoms with Gasteiger partial charge in [0.05, 0.1) is 0 Å². The molecule has 1 heterocycles. The number of aromatic nitrogens is 1. The van der Waals surface area contributed by atoms with Gasteiger partial charge in [0.25, 0.3) is 0 Å². The Labute approximate surface area is 82.3 Å². The highest BCUT2D eigenvalue weighted by Gasteiger charge is 2.29. The number of carboxylic acids is 1. The van der Waals surface area contributed by atoms with Gasteiger partial charge >= 0.3 is 12.1 Å². The first-order chi connectivity index (χ1) is 6.90. The van der Waals surface area contributed by atoms with Crippen LogP contribution in [0.5, 0.6) is 5.75 Å². The Balaban J connectivity index is 2.81. The molecule has 0 amide bonds. The molecule has 1 N–H and O–H groups in total. The van der Waals surface area contributed by atoms with Crippen LogP contribution in [0.25, 0.3) is 0 Å². The normalized spacial score (nSPS) is 11.1. The molecule has 0 fully saturated rings. The minimum Gasteiger partial charge on any atom is -0.483 e. The summed E-state index contributed by atoms with van der Waals surface area (Å²) in [4.78, 5) is 14.0. The van der Waals surface area contributed by atoms with Crippen LogP contribution in [0.1, 0.15) is 10.4 Å². The summed E-state index contributed by atoms with van der Waals surface area (Å²) in [6, 6.07) is 1.06. The molecule has 0 unspecified atom stereocenters. The number of hydrogen-bond acceptors (Lipinski definition) is 3. The van der Waals surface area contributed by atoms with E-state index in [0.717, 1.165) is 18.5 Å². The number of rotatable bonds is 3. The Morgan fingerprint density at radius 2 is 2.20 bits per heavy atom. The molecule has 0 aliphatic rings. The maximum absolute atomic E-state index is 11.8. The third kappa shape index (κ3) is 3.45. The molecule has 82 valence electrons. The zero-order valence-electron chi connectivity index (χ0n) is 7.28. The van der Waals surface area contributed by atoms with Crippen molar-refractivity contribution in [3.05, 3.63) is 24.0 Å². The van der Waals surface area contributed by atoms with Gasteiger partial charge in [0.1, 0.15) is 11.3 Å². The standard InChI is InChI=1S/C8H6F3NO3/c9-8(10,11)4-15-6-1-2-12-3-5(6)7(13)14/h1-3H,4H2,(H,13,14). The first-order valence-electron chi connectivity index (χ1n) is 3.77. The van der Waals surface area contributed by atoms with E-state index in [1.165, 1.54) is 0 Å². The largest absolute Gasteiger partial charge is 0.483 e. The molecule has 0 aromatic carbocycles. The van der Waals surface area contributed by atoms with Crippen molar-refractivity contribution in [3.8, 4) is 5.75 Å². The van der Waals surface area contributed by atoms with Gasteiger partial charge < -0.3 is 9.84 Å². The zero-order valence-corrected chi connectivity index (χ0v) is 7.28. The fourth-order valence-electron chi connectivity index (χ4n) is 0.828. The fraction of sp³-hybridized carbons (Fsp3) is 0.250. The lowest BCUT2D eigenvalue weighted by Gasteiger charge is -2.10. The van der Waals surface area contributed by atoms with Gasteiger partial charge in [-0.1, -0.05) is 0 Å². The van der Waals surface area contributed by atoms with Crippen molar-refractivity contribution in [1.29, 1.82) is 0 Å². The smallest absolute Gasteiger partial charge is 0.422 e. The van der Waals surface area contributed by atoms with E-state index in [1.54, 1.807) is 0 Å². The fourth-order valence-corrected chi connectivity index (χ4v) is 0.828. The van der Waals surface area contributed by atoms with Gasteiger partial charge in [0.2, 0.25) is 0 Å². The molecule has 0 saturated heterocycles. The molecular weight excluding hydrogens is 215 g/mol. The maximum atomic E-state index is 11.8. The van der Waals surface area contributed by atoms with Crippen LogP contribution < -0.4 is 4.74 Å². The highest BCUT2D eigenvalue weighted by Crippen LogP contribution is 2.21. The Hall–Kier alpha value is -1.79. The number of carboxylic acid groups (broad SMARTS) is 1. The Kier molecular flexibility index (Phi) is 3.13. The summed E-state index contributed by atoms with van der Waals surface area (Å²) in [6.07, 6.45) is -2.43. The lowest BCUT2D eigenvalue weighted by Crippen LogP contribution is -2.20. The van der Waals surface area contributed by atoms with E-state index < -0.39 is 24.3 Å². The molecule has 0 saturated carbocycles. The average Bonchev–Trinajstić information content (AvgIpc) is 2.14. The second-order valence-corrected chi connectivity index (χ2v) is 2.58. The van der Waals surface area contributed by atoms with Crippen LogP contribution in [-0.4, -0.2) is 28.8 Å². The van der Waals surface area contributed by atoms with Gasteiger partial charge in [-0.3, -0.25) is 4.98 Å². The van der Waals surface area contributed by atoms with Crippen LogP contribution in [0, 0.1) is 0 Å². The molecule has 1 rings (SSSR count). The Bertz CT molecular complexity index is 364. The summed E-state index contributed by atoms with van der Waals surface area (Å²) in [5.41, 5.74) is -0.401. The van der Waals surface area contributed by atoms with Crippen LogP contribution >= 0.6 is 0 Å². The van der Waals surface area contributed by atoms with Crippen LogP contribution in [0.2, 0.25) is 0 Å². The van der Waals surface area contributed by atoms with Gasteiger partial charge in [0.15, 0.2) is 6.61 Å². The van der Waals surface area contributed by atoms with E-state index in [1.807, 2.05) is 0 Å². The number of hydrogen-bond donors (Lipinski definition) is 1. The summed E-state index contributed by atoms with van der Waals surface area (Å²) in [5.74, 6) is -1.74. The van der Waals surface area contributed by atoms with Gasteiger partial charge in [-0.05, 0) is 6.07 Å². The number of nitrogens with zero attached hydrogens (tertiary/aromatic N) is 1. The molecule has 7 heteroatoms. The number of ether oxygens (including phenoxy) is 1. The molecule has 15 heavy (non-hydrogen) atoms. The molecule has 4 nitrogen and oxygen atoms in total. The summed E-state index contributed by atoms with van der Waals surface area (Å²) in [5, 5.41) is 8.59. The lowest BCUT2D eigenvalue weighted by atomic mass is 10.2. The minimum atomic E-state index is -4.50. The van der Waals surface area contributed by atoms with Crippen molar-refractivity contribution in [2.75, 3.05) is 6.61 Å². The quantitative estimate of drug-likeness (QED) is 0.844. The first-order valence-corrected chi connectivity index (χ1v) is 3.77. The third-order valence-electron chi connectivity index (χ3n) is 1.40. The van der Waals surface area contributed by atoms with Crippen molar-refractivity contribution in [2.45, 2.75) is 6.18 Å². The molecule has 0 radical (unpaired) electrons. The Morgan fingerprint density at radius 3 is 2.73 bits per heavy atom. The molecule has 0 aliphatic heterocycles. The van der Waals surface area contributed by atoms with E-state index >= 15 is 0 Å². The molecule has 1 aromatic heterocycles. The summed E-state index contributed by atoms with van der Waals surface area (Å²) >= 11 is 0. The second kappa shape index (κ2) is 4.16. The number of carbonyl (C=O) groups is 1. The number of alkyl halides is 3. The highest BCUT2D eigenvalue weighted by molar-refractivity contribution is 5.90. The molecule has 0 aliphatic carbocycles. The van der Waals surface area contributed by atoms with E-state index in [2.05, 4.69) is 9.72 Å². The SMILES string of the molecule is O=C(O)c1cnccc1OCC(F)(F)F. The van der Waals surface area contributed by atoms with E-state index in [-0.39, 0.29) is 5.75 Å². The van der Waals surface area contributed by atoms with E-state index in [4.69, 9.17) is 5.11 Å². The molecule has 0 spiro atoms.